The van der Waals surface area contributed by atoms with Gasteiger partial charge in [0.05, 0.1) is 11.3 Å². The fourth-order valence-electron chi connectivity index (χ4n) is 5.51. The van der Waals surface area contributed by atoms with Gasteiger partial charge in [0.15, 0.2) is 0 Å². The molecule has 166 valence electrons. The van der Waals surface area contributed by atoms with E-state index >= 15 is 0 Å². The maximum absolute atomic E-state index is 13.4. The third-order valence-corrected chi connectivity index (χ3v) is 7.37. The van der Waals surface area contributed by atoms with E-state index in [2.05, 4.69) is 24.3 Å². The van der Waals surface area contributed by atoms with Crippen LogP contribution in [0.2, 0.25) is 0 Å². The van der Waals surface area contributed by atoms with Crippen LogP contribution in [0.3, 0.4) is 0 Å². The highest BCUT2D eigenvalue weighted by Gasteiger charge is 2.53. The van der Waals surface area contributed by atoms with Gasteiger partial charge in [-0.05, 0) is 56.2 Å². The first kappa shape index (κ1) is 20.7. The standard InChI is InChI=1S/C26H29N3O3/c1-26-14-11-23(30)29(26)22-10-6-5-9-21(22)25(32)28(26)18-24(31)27-15-12-20(13-16-27)17-19-7-3-2-4-8-19/h2-10,20H,11-18H2,1H3. The minimum absolute atomic E-state index is 0.00613. The molecular formula is C26H29N3O3. The first-order valence-corrected chi connectivity index (χ1v) is 11.5. The summed E-state index contributed by atoms with van der Waals surface area (Å²) in [6.07, 6.45) is 3.91. The Bertz CT molecular complexity index is 1050. The molecule has 3 heterocycles. The van der Waals surface area contributed by atoms with Crippen molar-refractivity contribution in [3.05, 3.63) is 65.7 Å². The number of rotatable bonds is 4. The largest absolute Gasteiger partial charge is 0.341 e. The van der Waals surface area contributed by atoms with Gasteiger partial charge in [-0.3, -0.25) is 19.3 Å². The maximum Gasteiger partial charge on any atom is 0.258 e. The second kappa shape index (κ2) is 8.08. The van der Waals surface area contributed by atoms with Crippen molar-refractivity contribution in [1.82, 2.24) is 9.80 Å². The van der Waals surface area contributed by atoms with E-state index in [1.807, 2.05) is 30.0 Å². The Labute approximate surface area is 188 Å². The summed E-state index contributed by atoms with van der Waals surface area (Å²) in [4.78, 5) is 44.5. The van der Waals surface area contributed by atoms with E-state index in [0.29, 0.717) is 43.1 Å². The Balaban J connectivity index is 1.28. The van der Waals surface area contributed by atoms with Gasteiger partial charge >= 0.3 is 0 Å². The molecule has 5 rings (SSSR count). The summed E-state index contributed by atoms with van der Waals surface area (Å²) in [5, 5.41) is 0. The summed E-state index contributed by atoms with van der Waals surface area (Å²) in [5.41, 5.74) is 1.71. The van der Waals surface area contributed by atoms with E-state index < -0.39 is 5.66 Å². The van der Waals surface area contributed by atoms with Gasteiger partial charge in [-0.2, -0.15) is 0 Å². The third kappa shape index (κ3) is 3.48. The second-order valence-corrected chi connectivity index (χ2v) is 9.37. The summed E-state index contributed by atoms with van der Waals surface area (Å²) >= 11 is 0. The number of nitrogens with zero attached hydrogens (tertiary/aromatic N) is 3. The molecule has 1 unspecified atom stereocenters. The van der Waals surface area contributed by atoms with Gasteiger partial charge in [0.25, 0.3) is 5.91 Å². The van der Waals surface area contributed by atoms with Crippen molar-refractivity contribution in [2.75, 3.05) is 24.5 Å². The zero-order valence-electron chi connectivity index (χ0n) is 18.5. The van der Waals surface area contributed by atoms with Crippen LogP contribution in [0.1, 0.15) is 48.5 Å². The molecule has 3 aliphatic rings. The summed E-state index contributed by atoms with van der Waals surface area (Å²) in [6.45, 7) is 3.35. The molecule has 2 saturated heterocycles. The van der Waals surface area contributed by atoms with Crippen LogP contribution < -0.4 is 4.90 Å². The molecule has 2 fully saturated rings. The Hall–Kier alpha value is -3.15. The van der Waals surface area contributed by atoms with Gasteiger partial charge in [0.2, 0.25) is 11.8 Å². The van der Waals surface area contributed by atoms with E-state index in [0.717, 1.165) is 19.3 Å². The van der Waals surface area contributed by atoms with E-state index in [-0.39, 0.29) is 24.3 Å². The quantitative estimate of drug-likeness (QED) is 0.745. The normalized spacial score (nSPS) is 23.3. The Kier molecular flexibility index (Phi) is 5.24. The molecule has 2 aromatic rings. The van der Waals surface area contributed by atoms with Gasteiger partial charge in [0.1, 0.15) is 12.2 Å². The van der Waals surface area contributed by atoms with E-state index in [1.54, 1.807) is 21.9 Å². The van der Waals surface area contributed by atoms with Crippen molar-refractivity contribution in [2.24, 2.45) is 5.92 Å². The lowest BCUT2D eigenvalue weighted by atomic mass is 9.90. The fraction of sp³-hybridized carbons (Fsp3) is 0.423. The van der Waals surface area contributed by atoms with Crippen LogP contribution in [0.15, 0.2) is 54.6 Å². The number of carbonyl (C=O) groups is 3. The van der Waals surface area contributed by atoms with Crippen LogP contribution in [0.25, 0.3) is 0 Å². The van der Waals surface area contributed by atoms with E-state index in [4.69, 9.17) is 0 Å². The molecule has 0 spiro atoms. The minimum Gasteiger partial charge on any atom is -0.341 e. The van der Waals surface area contributed by atoms with Crippen LogP contribution in [0.4, 0.5) is 5.69 Å². The number of hydrogen-bond acceptors (Lipinski definition) is 3. The molecule has 0 bridgehead atoms. The van der Waals surface area contributed by atoms with Gasteiger partial charge in [-0.25, -0.2) is 0 Å². The lowest BCUT2D eigenvalue weighted by Gasteiger charge is -2.48. The van der Waals surface area contributed by atoms with Crippen molar-refractivity contribution in [1.29, 1.82) is 0 Å². The monoisotopic (exact) mass is 431 g/mol. The van der Waals surface area contributed by atoms with Crippen molar-refractivity contribution in [3.63, 3.8) is 0 Å². The number of likely N-dealkylation sites (tertiary alicyclic amines) is 1. The smallest absolute Gasteiger partial charge is 0.258 e. The van der Waals surface area contributed by atoms with E-state index in [1.165, 1.54) is 5.56 Å². The molecule has 0 N–H and O–H groups in total. The van der Waals surface area contributed by atoms with Crippen LogP contribution in [0, 0.1) is 5.92 Å². The van der Waals surface area contributed by atoms with Crippen molar-refractivity contribution in [3.8, 4) is 0 Å². The number of para-hydroxylation sites is 1. The number of carbonyl (C=O) groups excluding carboxylic acids is 3. The maximum atomic E-state index is 13.4. The number of anilines is 1. The van der Waals surface area contributed by atoms with Crippen LogP contribution in [-0.4, -0.2) is 52.8 Å². The number of fused-ring (bicyclic) bond motifs is 3. The predicted molar refractivity (Wildman–Crippen MR) is 122 cm³/mol. The molecule has 6 nitrogen and oxygen atoms in total. The number of benzene rings is 2. The number of hydrogen-bond donors (Lipinski definition) is 0. The molecule has 0 aromatic heterocycles. The van der Waals surface area contributed by atoms with Crippen LogP contribution in [0.5, 0.6) is 0 Å². The average Bonchev–Trinajstić information content (AvgIpc) is 3.13. The van der Waals surface area contributed by atoms with E-state index in [9.17, 15) is 14.4 Å². The summed E-state index contributed by atoms with van der Waals surface area (Å²) in [5.74, 6) is 0.384. The molecule has 0 aliphatic carbocycles. The second-order valence-electron chi connectivity index (χ2n) is 9.37. The number of piperidine rings is 1. The SMILES string of the molecule is CC12CCC(=O)N1c1ccccc1C(=O)N2CC(=O)N1CCC(Cc2ccccc2)CC1. The lowest BCUT2D eigenvalue weighted by Crippen LogP contribution is -2.64. The summed E-state index contributed by atoms with van der Waals surface area (Å²) < 4.78 is 0. The molecule has 0 radical (unpaired) electrons. The Morgan fingerprint density at radius 1 is 1.00 bits per heavy atom. The van der Waals surface area contributed by atoms with Gasteiger partial charge in [-0.15, -0.1) is 0 Å². The molecular weight excluding hydrogens is 402 g/mol. The lowest BCUT2D eigenvalue weighted by molar-refractivity contribution is -0.134. The molecule has 3 amide bonds. The van der Waals surface area contributed by atoms with Gasteiger partial charge < -0.3 is 9.80 Å². The highest BCUT2D eigenvalue weighted by Crippen LogP contribution is 2.43. The molecule has 1 atom stereocenters. The summed E-state index contributed by atoms with van der Waals surface area (Å²) in [7, 11) is 0. The van der Waals surface area contributed by atoms with Crippen molar-refractivity contribution in [2.45, 2.75) is 44.7 Å². The molecule has 32 heavy (non-hydrogen) atoms. The minimum atomic E-state index is -0.788. The van der Waals surface area contributed by atoms with Gasteiger partial charge in [0, 0.05) is 19.5 Å². The topological polar surface area (TPSA) is 60.9 Å². The highest BCUT2D eigenvalue weighted by molar-refractivity contribution is 6.11. The fourth-order valence-corrected chi connectivity index (χ4v) is 5.51. The third-order valence-electron chi connectivity index (χ3n) is 7.37. The first-order chi connectivity index (χ1) is 15.5. The zero-order chi connectivity index (χ0) is 22.3. The van der Waals surface area contributed by atoms with Gasteiger partial charge in [-0.1, -0.05) is 42.5 Å². The number of amides is 3. The van der Waals surface area contributed by atoms with Crippen LogP contribution >= 0.6 is 0 Å². The summed E-state index contributed by atoms with van der Waals surface area (Å²) in [6, 6.07) is 17.7. The highest BCUT2D eigenvalue weighted by atomic mass is 16.2. The Morgan fingerprint density at radius 2 is 1.69 bits per heavy atom. The Morgan fingerprint density at radius 3 is 2.44 bits per heavy atom. The predicted octanol–water partition coefficient (Wildman–Crippen LogP) is 3.47. The molecule has 0 saturated carbocycles. The van der Waals surface area contributed by atoms with Crippen molar-refractivity contribution < 1.29 is 14.4 Å². The van der Waals surface area contributed by atoms with Crippen LogP contribution in [-0.2, 0) is 16.0 Å². The zero-order valence-corrected chi connectivity index (χ0v) is 18.5. The van der Waals surface area contributed by atoms with Crippen molar-refractivity contribution >= 4 is 23.4 Å². The molecule has 2 aromatic carbocycles. The molecule has 3 aliphatic heterocycles. The first-order valence-electron chi connectivity index (χ1n) is 11.5. The average molecular weight is 432 g/mol. The molecule has 6 heteroatoms.